The van der Waals surface area contributed by atoms with Gasteiger partial charge in [-0.15, -0.1) is 10.2 Å². The van der Waals surface area contributed by atoms with E-state index in [2.05, 4.69) is 17.1 Å². The summed E-state index contributed by atoms with van der Waals surface area (Å²) in [6, 6.07) is 0. The summed E-state index contributed by atoms with van der Waals surface area (Å²) in [5.74, 6) is 0.354. The molecule has 3 nitrogen and oxygen atoms in total. The van der Waals surface area contributed by atoms with Crippen molar-refractivity contribution in [3.63, 3.8) is 0 Å². The highest BCUT2D eigenvalue weighted by Crippen LogP contribution is 2.32. The van der Waals surface area contributed by atoms with Crippen molar-refractivity contribution in [3.05, 3.63) is 5.01 Å². The maximum Gasteiger partial charge on any atom is 0.445 e. The molecule has 1 rings (SSSR count). The van der Waals surface area contributed by atoms with Crippen LogP contribution in [0.5, 0.6) is 0 Å². The molecule has 0 saturated carbocycles. The van der Waals surface area contributed by atoms with Crippen LogP contribution in [0.1, 0.15) is 37.6 Å². The van der Waals surface area contributed by atoms with Crippen LogP contribution in [0.3, 0.4) is 0 Å². The van der Waals surface area contributed by atoms with Crippen molar-refractivity contribution in [2.75, 3.05) is 5.75 Å². The molecule has 1 aromatic rings. The monoisotopic (exact) mass is 286 g/mol. The zero-order valence-electron chi connectivity index (χ0n) is 9.29. The number of nitrogens with zero attached hydrogens (tertiary/aromatic N) is 2. The van der Waals surface area contributed by atoms with Crippen LogP contribution in [0.4, 0.5) is 13.2 Å². The Balaban J connectivity index is 2.50. The molecular formula is C9H13F3N2OS2. The van der Waals surface area contributed by atoms with Crippen LogP contribution in [0.25, 0.3) is 0 Å². The standard InChI is InChI=1S/C9H13F3N2OS2/c1-2-3-4-5-6-17(15)8-14-13-7(16-8)9(10,11)12/h2-6H2,1H3. The van der Waals surface area contributed by atoms with E-state index in [1.807, 2.05) is 0 Å². The van der Waals surface area contributed by atoms with Gasteiger partial charge in [-0.1, -0.05) is 37.5 Å². The fraction of sp³-hybridized carbons (Fsp3) is 0.778. The second kappa shape index (κ2) is 6.44. The smallest absolute Gasteiger partial charge is 0.252 e. The van der Waals surface area contributed by atoms with Gasteiger partial charge in [-0.05, 0) is 6.42 Å². The van der Waals surface area contributed by atoms with Crippen molar-refractivity contribution in [1.29, 1.82) is 0 Å². The third-order valence-corrected chi connectivity index (χ3v) is 4.73. The lowest BCUT2D eigenvalue weighted by Gasteiger charge is -1.98. The lowest BCUT2D eigenvalue weighted by atomic mass is 10.2. The molecule has 0 aliphatic rings. The number of hydrogen-bond acceptors (Lipinski definition) is 4. The summed E-state index contributed by atoms with van der Waals surface area (Å²) in [7, 11) is -1.46. The van der Waals surface area contributed by atoms with E-state index in [0.717, 1.165) is 25.7 Å². The molecule has 17 heavy (non-hydrogen) atoms. The van der Waals surface area contributed by atoms with Crippen molar-refractivity contribution < 1.29 is 17.4 Å². The molecule has 0 saturated heterocycles. The molecule has 0 aromatic carbocycles. The number of halogens is 3. The lowest BCUT2D eigenvalue weighted by molar-refractivity contribution is -0.138. The van der Waals surface area contributed by atoms with Crippen molar-refractivity contribution in [3.8, 4) is 0 Å². The summed E-state index contributed by atoms with van der Waals surface area (Å²) >= 11 is 0.364. The second-order valence-electron chi connectivity index (χ2n) is 3.48. The minimum Gasteiger partial charge on any atom is -0.252 e. The molecule has 0 fully saturated rings. The molecule has 98 valence electrons. The van der Waals surface area contributed by atoms with Crippen molar-refractivity contribution in [2.24, 2.45) is 0 Å². The van der Waals surface area contributed by atoms with Gasteiger partial charge in [0.15, 0.2) is 0 Å². The fourth-order valence-electron chi connectivity index (χ4n) is 1.16. The molecular weight excluding hydrogens is 273 g/mol. The van der Waals surface area contributed by atoms with E-state index in [0.29, 0.717) is 17.1 Å². The quantitative estimate of drug-likeness (QED) is 0.754. The van der Waals surface area contributed by atoms with E-state index in [4.69, 9.17) is 0 Å². The van der Waals surface area contributed by atoms with Crippen LogP contribution in [0.15, 0.2) is 4.34 Å². The number of hydrogen-bond donors (Lipinski definition) is 0. The first-order valence-corrected chi connectivity index (χ1v) is 7.37. The first-order chi connectivity index (χ1) is 7.95. The van der Waals surface area contributed by atoms with Gasteiger partial charge in [-0.25, -0.2) is 0 Å². The molecule has 8 heteroatoms. The summed E-state index contributed by atoms with van der Waals surface area (Å²) in [5.41, 5.74) is 0. The maximum absolute atomic E-state index is 12.2. The van der Waals surface area contributed by atoms with E-state index in [-0.39, 0.29) is 4.34 Å². The average Bonchev–Trinajstić information content (AvgIpc) is 2.72. The zero-order chi connectivity index (χ0) is 12.9. The van der Waals surface area contributed by atoms with E-state index < -0.39 is 22.0 Å². The number of unbranched alkanes of at least 4 members (excludes halogenated alkanes) is 3. The van der Waals surface area contributed by atoms with Gasteiger partial charge in [-0.3, -0.25) is 4.21 Å². The molecule has 0 aliphatic heterocycles. The highest BCUT2D eigenvalue weighted by atomic mass is 32.2. The molecule has 1 atom stereocenters. The van der Waals surface area contributed by atoms with Crippen molar-refractivity contribution in [2.45, 2.75) is 43.1 Å². The van der Waals surface area contributed by atoms with Gasteiger partial charge in [0.25, 0.3) is 0 Å². The molecule has 1 heterocycles. The van der Waals surface area contributed by atoms with Gasteiger partial charge in [0, 0.05) is 5.75 Å². The van der Waals surface area contributed by atoms with Crippen LogP contribution >= 0.6 is 11.3 Å². The summed E-state index contributed by atoms with van der Waals surface area (Å²) in [6.07, 6.45) is -0.721. The minimum atomic E-state index is -4.50. The van der Waals surface area contributed by atoms with Crippen LogP contribution < -0.4 is 0 Å². The topological polar surface area (TPSA) is 42.9 Å². The predicted octanol–water partition coefficient (Wildman–Crippen LogP) is 3.24. The summed E-state index contributed by atoms with van der Waals surface area (Å²) in [5, 5.41) is 5.30. The third-order valence-electron chi connectivity index (χ3n) is 2.03. The summed E-state index contributed by atoms with van der Waals surface area (Å²) in [6.45, 7) is 2.05. The normalized spacial score (nSPS) is 13.9. The molecule has 0 amide bonds. The largest absolute Gasteiger partial charge is 0.445 e. The highest BCUT2D eigenvalue weighted by molar-refractivity contribution is 7.87. The van der Waals surface area contributed by atoms with E-state index >= 15 is 0 Å². The highest BCUT2D eigenvalue weighted by Gasteiger charge is 2.36. The van der Waals surface area contributed by atoms with Gasteiger partial charge in [0.1, 0.15) is 0 Å². The van der Waals surface area contributed by atoms with Gasteiger partial charge in [0.05, 0.1) is 10.8 Å². The van der Waals surface area contributed by atoms with E-state index in [1.54, 1.807) is 0 Å². The molecule has 0 aliphatic carbocycles. The lowest BCUT2D eigenvalue weighted by Crippen LogP contribution is -2.03. The maximum atomic E-state index is 12.2. The number of aromatic nitrogens is 2. The van der Waals surface area contributed by atoms with Crippen LogP contribution in [-0.4, -0.2) is 20.2 Å². The van der Waals surface area contributed by atoms with Crippen molar-refractivity contribution >= 4 is 22.1 Å². The average molecular weight is 286 g/mol. The first-order valence-electron chi connectivity index (χ1n) is 5.24. The molecule has 0 spiro atoms. The van der Waals surface area contributed by atoms with Gasteiger partial charge >= 0.3 is 6.18 Å². The zero-order valence-corrected chi connectivity index (χ0v) is 10.9. The third kappa shape index (κ3) is 4.71. The van der Waals surface area contributed by atoms with Gasteiger partial charge in [-0.2, -0.15) is 13.2 Å². The molecule has 1 aromatic heterocycles. The van der Waals surface area contributed by atoms with Crippen molar-refractivity contribution in [1.82, 2.24) is 10.2 Å². The van der Waals surface area contributed by atoms with Crippen LogP contribution in [0, 0.1) is 0 Å². The SMILES string of the molecule is CCCCCCS(=O)c1nnc(C(F)(F)F)s1. The molecule has 0 N–H and O–H groups in total. The van der Waals surface area contributed by atoms with Crippen LogP contribution in [0.2, 0.25) is 0 Å². The Morgan fingerprint density at radius 3 is 2.47 bits per heavy atom. The Kier molecular flexibility index (Phi) is 5.51. The van der Waals surface area contributed by atoms with Crippen LogP contribution in [-0.2, 0) is 17.0 Å². The fourth-order valence-corrected chi connectivity index (χ4v) is 3.24. The molecule has 0 radical (unpaired) electrons. The van der Waals surface area contributed by atoms with Gasteiger partial charge < -0.3 is 0 Å². The van der Waals surface area contributed by atoms with E-state index in [1.165, 1.54) is 0 Å². The molecule has 1 unspecified atom stereocenters. The number of rotatable bonds is 6. The second-order valence-corrected chi connectivity index (χ2v) is 6.20. The summed E-state index contributed by atoms with van der Waals surface area (Å²) < 4.78 is 48.2. The number of alkyl halides is 3. The summed E-state index contributed by atoms with van der Waals surface area (Å²) in [4.78, 5) is 0. The Bertz CT molecular complexity index is 379. The predicted molar refractivity (Wildman–Crippen MR) is 60.3 cm³/mol. The minimum absolute atomic E-state index is 0.0335. The Hall–Kier alpha value is -0.500. The Labute approximate surface area is 104 Å². The molecule has 0 bridgehead atoms. The van der Waals surface area contributed by atoms with E-state index in [9.17, 15) is 17.4 Å². The Morgan fingerprint density at radius 2 is 1.94 bits per heavy atom. The Morgan fingerprint density at radius 1 is 1.24 bits per heavy atom. The van der Waals surface area contributed by atoms with Gasteiger partial charge in [0.2, 0.25) is 9.35 Å². The first kappa shape index (κ1) is 14.6.